The van der Waals surface area contributed by atoms with Gasteiger partial charge < -0.3 is 18.9 Å². The van der Waals surface area contributed by atoms with Crippen LogP contribution < -0.4 is 0 Å². The third kappa shape index (κ3) is 4.65. The number of alkyl halides is 2. The standard InChI is InChI=1S/C24H33F2N5O4S/c1-23(2)34-20-18(11-30-8-9-32-12-15(30)10-29-7-6-24(25,26)13-29)33-19(21(20)35-23)16-4-5-17-22(36-3)27-14-28-31(16)17/h4-5,14-15,18-21H,6-13H2,1-3H3/t15-,18-,19+,20-,21+/m1/s1. The molecule has 4 aliphatic heterocycles. The first kappa shape index (κ1) is 24.9. The fourth-order valence-electron chi connectivity index (χ4n) is 5.96. The van der Waals surface area contributed by atoms with Crippen LogP contribution in [0.2, 0.25) is 0 Å². The number of hydrogen-bond donors (Lipinski definition) is 0. The lowest BCUT2D eigenvalue weighted by molar-refractivity contribution is -0.191. The van der Waals surface area contributed by atoms with Crippen molar-refractivity contribution in [3.8, 4) is 0 Å². The molecule has 36 heavy (non-hydrogen) atoms. The Morgan fingerprint density at radius 1 is 1.14 bits per heavy atom. The van der Waals surface area contributed by atoms with E-state index in [0.717, 1.165) is 22.8 Å². The minimum atomic E-state index is -2.60. The number of rotatable bonds is 6. The van der Waals surface area contributed by atoms with Crippen LogP contribution in [0.3, 0.4) is 0 Å². The van der Waals surface area contributed by atoms with E-state index < -0.39 is 11.7 Å². The van der Waals surface area contributed by atoms with Crippen molar-refractivity contribution >= 4 is 17.3 Å². The number of ether oxygens (including phenoxy) is 4. The Morgan fingerprint density at radius 2 is 1.97 bits per heavy atom. The van der Waals surface area contributed by atoms with Gasteiger partial charge in [-0.2, -0.15) is 5.10 Å². The lowest BCUT2D eigenvalue weighted by Crippen LogP contribution is -2.54. The Morgan fingerprint density at radius 3 is 2.75 bits per heavy atom. The fourth-order valence-corrected chi connectivity index (χ4v) is 6.48. The molecule has 0 aromatic carbocycles. The van der Waals surface area contributed by atoms with Crippen molar-refractivity contribution in [2.24, 2.45) is 0 Å². The number of halogens is 2. The highest BCUT2D eigenvalue weighted by Gasteiger charge is 2.56. The maximum atomic E-state index is 13.8. The van der Waals surface area contributed by atoms with Crippen LogP contribution in [0.1, 0.15) is 32.1 Å². The SMILES string of the molecule is CSc1ncnn2c([C@@H]3O[C@H](CN4CCOC[C@H]4CN4CCC(F)(F)C4)[C@H]4OC(C)(C)O[C@H]43)ccc12. The van der Waals surface area contributed by atoms with Crippen LogP contribution in [0.5, 0.6) is 0 Å². The highest BCUT2D eigenvalue weighted by atomic mass is 32.2. The van der Waals surface area contributed by atoms with Crippen molar-refractivity contribution in [1.82, 2.24) is 24.4 Å². The molecule has 198 valence electrons. The Hall–Kier alpha value is -1.41. The van der Waals surface area contributed by atoms with E-state index in [0.29, 0.717) is 32.8 Å². The van der Waals surface area contributed by atoms with Crippen LogP contribution in [0.25, 0.3) is 5.52 Å². The molecule has 0 bridgehead atoms. The van der Waals surface area contributed by atoms with Gasteiger partial charge in [0, 0.05) is 38.6 Å². The summed E-state index contributed by atoms with van der Waals surface area (Å²) in [4.78, 5) is 8.53. The number of nitrogens with zero attached hydrogens (tertiary/aromatic N) is 5. The van der Waals surface area contributed by atoms with Crippen LogP contribution in [-0.4, -0.2) is 113 Å². The average Bonchev–Trinajstić information content (AvgIpc) is 3.57. The van der Waals surface area contributed by atoms with Gasteiger partial charge in [-0.15, -0.1) is 11.8 Å². The number of morpholine rings is 1. The number of thioether (sulfide) groups is 1. The minimum absolute atomic E-state index is 0.0232. The van der Waals surface area contributed by atoms with Crippen LogP contribution >= 0.6 is 11.8 Å². The van der Waals surface area contributed by atoms with E-state index in [1.807, 2.05) is 41.7 Å². The summed E-state index contributed by atoms with van der Waals surface area (Å²) in [7, 11) is 0. The van der Waals surface area contributed by atoms with E-state index in [4.69, 9.17) is 18.9 Å². The zero-order valence-electron chi connectivity index (χ0n) is 20.8. The molecular weight excluding hydrogens is 492 g/mol. The van der Waals surface area contributed by atoms with E-state index in [2.05, 4.69) is 15.0 Å². The molecule has 0 aliphatic carbocycles. The Balaban J connectivity index is 1.23. The van der Waals surface area contributed by atoms with E-state index >= 15 is 0 Å². The third-order valence-electron chi connectivity index (χ3n) is 7.56. The highest BCUT2D eigenvalue weighted by Crippen LogP contribution is 2.46. The molecule has 0 spiro atoms. The first-order valence-corrected chi connectivity index (χ1v) is 13.8. The van der Waals surface area contributed by atoms with Crippen molar-refractivity contribution in [2.45, 2.75) is 67.5 Å². The quantitative estimate of drug-likeness (QED) is 0.529. The van der Waals surface area contributed by atoms with Crippen LogP contribution in [0.4, 0.5) is 8.78 Å². The fraction of sp³-hybridized carbons (Fsp3) is 0.750. The van der Waals surface area contributed by atoms with Gasteiger partial charge in [-0.25, -0.2) is 18.3 Å². The van der Waals surface area contributed by atoms with Crippen LogP contribution in [0.15, 0.2) is 23.5 Å². The van der Waals surface area contributed by atoms with Crippen LogP contribution in [-0.2, 0) is 18.9 Å². The second-order valence-corrected chi connectivity index (χ2v) is 11.3. The van der Waals surface area contributed by atoms with Gasteiger partial charge in [-0.05, 0) is 32.2 Å². The lowest BCUT2D eigenvalue weighted by Gasteiger charge is -2.39. The number of aromatic nitrogens is 3. The average molecular weight is 526 g/mol. The Bertz CT molecular complexity index is 1100. The van der Waals surface area contributed by atoms with Crippen molar-refractivity contribution in [3.63, 3.8) is 0 Å². The lowest BCUT2D eigenvalue weighted by atomic mass is 10.0. The van der Waals surface area contributed by atoms with Crippen molar-refractivity contribution < 1.29 is 27.7 Å². The molecule has 4 saturated heterocycles. The zero-order valence-corrected chi connectivity index (χ0v) is 21.6. The second kappa shape index (κ2) is 9.40. The maximum Gasteiger partial charge on any atom is 0.261 e. The van der Waals surface area contributed by atoms with Crippen molar-refractivity contribution in [1.29, 1.82) is 0 Å². The van der Waals surface area contributed by atoms with Gasteiger partial charge in [0.2, 0.25) is 0 Å². The van der Waals surface area contributed by atoms with Gasteiger partial charge in [0.05, 0.1) is 31.0 Å². The summed E-state index contributed by atoms with van der Waals surface area (Å²) in [6.07, 6.45) is 2.34. The molecule has 0 N–H and O–H groups in total. The predicted octanol–water partition coefficient (Wildman–Crippen LogP) is 2.45. The summed E-state index contributed by atoms with van der Waals surface area (Å²) >= 11 is 1.57. The maximum absolute atomic E-state index is 13.8. The van der Waals surface area contributed by atoms with Gasteiger partial charge >= 0.3 is 0 Å². The van der Waals surface area contributed by atoms with E-state index in [-0.39, 0.29) is 43.4 Å². The monoisotopic (exact) mass is 525 g/mol. The largest absolute Gasteiger partial charge is 0.378 e. The smallest absolute Gasteiger partial charge is 0.261 e. The molecule has 6 heterocycles. The molecule has 4 aliphatic rings. The normalized spacial score (nSPS) is 34.5. The summed E-state index contributed by atoms with van der Waals surface area (Å²) in [5, 5.41) is 5.39. The topological polar surface area (TPSA) is 73.6 Å². The molecule has 0 radical (unpaired) electrons. The summed E-state index contributed by atoms with van der Waals surface area (Å²) in [5.41, 5.74) is 1.83. The third-order valence-corrected chi connectivity index (χ3v) is 8.26. The number of fused-ring (bicyclic) bond motifs is 2. The first-order chi connectivity index (χ1) is 17.2. The second-order valence-electron chi connectivity index (χ2n) is 10.5. The van der Waals surface area contributed by atoms with E-state index in [9.17, 15) is 8.78 Å². The summed E-state index contributed by atoms with van der Waals surface area (Å²) < 4.78 is 54.5. The molecule has 2 aromatic heterocycles. The van der Waals surface area contributed by atoms with Crippen molar-refractivity contribution in [2.75, 3.05) is 52.2 Å². The number of likely N-dealkylation sites (tertiary alicyclic amines) is 1. The van der Waals surface area contributed by atoms with Crippen molar-refractivity contribution in [3.05, 3.63) is 24.2 Å². The Kier molecular flexibility index (Phi) is 6.51. The van der Waals surface area contributed by atoms with Gasteiger partial charge in [-0.1, -0.05) is 0 Å². The zero-order chi connectivity index (χ0) is 25.1. The van der Waals surface area contributed by atoms with E-state index in [1.165, 1.54) is 0 Å². The summed E-state index contributed by atoms with van der Waals surface area (Å²) in [6, 6.07) is 4.06. The highest BCUT2D eigenvalue weighted by molar-refractivity contribution is 7.98. The molecule has 12 heteroatoms. The summed E-state index contributed by atoms with van der Waals surface area (Å²) in [5.74, 6) is -3.33. The van der Waals surface area contributed by atoms with Gasteiger partial charge in [0.1, 0.15) is 35.8 Å². The minimum Gasteiger partial charge on any atom is -0.378 e. The molecule has 9 nitrogen and oxygen atoms in total. The predicted molar refractivity (Wildman–Crippen MR) is 128 cm³/mol. The molecule has 2 aromatic rings. The first-order valence-electron chi connectivity index (χ1n) is 12.5. The van der Waals surface area contributed by atoms with Gasteiger partial charge in [0.25, 0.3) is 5.92 Å². The Labute approximate surface area is 213 Å². The summed E-state index contributed by atoms with van der Waals surface area (Å²) in [6.45, 7) is 7.10. The van der Waals surface area contributed by atoms with E-state index in [1.54, 1.807) is 18.1 Å². The molecule has 0 unspecified atom stereocenters. The molecule has 4 fully saturated rings. The molecule has 0 amide bonds. The molecule has 5 atom stereocenters. The van der Waals surface area contributed by atoms with Gasteiger partial charge in [-0.3, -0.25) is 9.80 Å². The molecule has 0 saturated carbocycles. The molecule has 6 rings (SSSR count). The molecular formula is C24H33F2N5O4S. The van der Waals surface area contributed by atoms with Crippen LogP contribution in [0, 0.1) is 0 Å². The number of hydrogen-bond acceptors (Lipinski definition) is 9. The van der Waals surface area contributed by atoms with Gasteiger partial charge in [0.15, 0.2) is 5.79 Å².